The predicted molar refractivity (Wildman–Crippen MR) is 125 cm³/mol. The summed E-state index contributed by atoms with van der Waals surface area (Å²) < 4.78 is 33.4. The van der Waals surface area contributed by atoms with Crippen molar-refractivity contribution in [2.24, 2.45) is 0 Å². The molecule has 9 heteroatoms. The summed E-state index contributed by atoms with van der Waals surface area (Å²) in [5.74, 6) is 0.321. The maximum Gasteiger partial charge on any atom is 0.243 e. The lowest BCUT2D eigenvalue weighted by atomic mass is 10.1. The van der Waals surface area contributed by atoms with Crippen molar-refractivity contribution >= 4 is 27.5 Å². The molecule has 1 N–H and O–H groups in total. The van der Waals surface area contributed by atoms with E-state index in [1.807, 2.05) is 31.2 Å². The lowest BCUT2D eigenvalue weighted by Crippen LogP contribution is -2.45. The Bertz CT molecular complexity index is 1180. The highest BCUT2D eigenvalue weighted by atomic mass is 32.2. The lowest BCUT2D eigenvalue weighted by Gasteiger charge is -2.24. The predicted octanol–water partition coefficient (Wildman–Crippen LogP) is 2.46. The average Bonchev–Trinajstić information content (AvgIpc) is 3.41. The van der Waals surface area contributed by atoms with E-state index in [4.69, 9.17) is 4.74 Å². The van der Waals surface area contributed by atoms with Gasteiger partial charge in [-0.05, 0) is 67.6 Å². The third-order valence-corrected chi connectivity index (χ3v) is 8.22. The maximum absolute atomic E-state index is 13.5. The number of carbonyl (C=O) groups is 2. The smallest absolute Gasteiger partial charge is 0.243 e. The molecule has 1 fully saturated rings. The number of nitrogens with one attached hydrogen (secondary N) is 1. The number of ether oxygens (including phenoxy) is 1. The first-order valence-electron chi connectivity index (χ1n) is 11.1. The van der Waals surface area contributed by atoms with Crippen LogP contribution in [-0.2, 0) is 32.6 Å². The Balaban J connectivity index is 1.51. The van der Waals surface area contributed by atoms with Crippen LogP contribution in [0.5, 0.6) is 5.75 Å². The second-order valence-corrected chi connectivity index (χ2v) is 10.5. The zero-order valence-corrected chi connectivity index (χ0v) is 19.9. The second kappa shape index (κ2) is 9.15. The topological polar surface area (TPSA) is 96.0 Å². The molecule has 2 aromatic rings. The molecule has 2 atom stereocenters. The van der Waals surface area contributed by atoms with Gasteiger partial charge < -0.3 is 15.0 Å². The number of sulfonamides is 1. The van der Waals surface area contributed by atoms with Crippen molar-refractivity contribution in [3.63, 3.8) is 0 Å². The highest BCUT2D eigenvalue weighted by Crippen LogP contribution is 2.35. The molecule has 2 unspecified atom stereocenters. The molecule has 0 radical (unpaired) electrons. The summed E-state index contributed by atoms with van der Waals surface area (Å²) in [5, 5.41) is 2.87. The molecule has 0 saturated carbocycles. The number of rotatable bonds is 6. The summed E-state index contributed by atoms with van der Waals surface area (Å²) in [6, 6.07) is 11.5. The Morgan fingerprint density at radius 2 is 1.97 bits per heavy atom. The number of hydrogen-bond acceptors (Lipinski definition) is 5. The molecule has 176 valence electrons. The number of fused-ring (bicyclic) bond motifs is 1. The van der Waals surface area contributed by atoms with E-state index in [1.54, 1.807) is 24.1 Å². The fourth-order valence-electron chi connectivity index (χ4n) is 4.76. The Kier molecular flexibility index (Phi) is 6.45. The van der Waals surface area contributed by atoms with Crippen molar-refractivity contribution in [2.45, 2.75) is 56.6 Å². The number of carbonyl (C=O) groups excluding carboxylic acids is 2. The summed E-state index contributed by atoms with van der Waals surface area (Å²) in [4.78, 5) is 26.7. The summed E-state index contributed by atoms with van der Waals surface area (Å²) in [6.45, 7) is 4.04. The third kappa shape index (κ3) is 4.47. The van der Waals surface area contributed by atoms with Gasteiger partial charge in [0.05, 0.1) is 12.0 Å². The van der Waals surface area contributed by atoms with Crippen LogP contribution in [-0.4, -0.2) is 50.3 Å². The van der Waals surface area contributed by atoms with Gasteiger partial charge in [0.2, 0.25) is 21.8 Å². The molecule has 0 aromatic heterocycles. The van der Waals surface area contributed by atoms with Crippen LogP contribution in [0.1, 0.15) is 37.8 Å². The van der Waals surface area contributed by atoms with Gasteiger partial charge in [0.1, 0.15) is 11.8 Å². The first-order valence-corrected chi connectivity index (χ1v) is 12.5. The van der Waals surface area contributed by atoms with Gasteiger partial charge in [0.25, 0.3) is 0 Å². The van der Waals surface area contributed by atoms with E-state index in [-0.39, 0.29) is 29.3 Å². The quantitative estimate of drug-likeness (QED) is 0.698. The first kappa shape index (κ1) is 23.3. The molecule has 2 aromatic carbocycles. The number of hydrogen-bond donors (Lipinski definition) is 1. The van der Waals surface area contributed by atoms with Crippen LogP contribution in [0, 0.1) is 0 Å². The van der Waals surface area contributed by atoms with Crippen LogP contribution < -0.4 is 15.0 Å². The summed E-state index contributed by atoms with van der Waals surface area (Å²) in [6.07, 6.45) is 1.70. The molecular formula is C24H29N3O5S. The van der Waals surface area contributed by atoms with Crippen molar-refractivity contribution in [3.05, 3.63) is 53.6 Å². The molecule has 4 rings (SSSR count). The molecule has 0 spiro atoms. The zero-order chi connectivity index (χ0) is 23.8. The first-order chi connectivity index (χ1) is 15.7. The molecule has 0 aliphatic carbocycles. The SMILES string of the molecule is COc1cccc(CNC(=O)C2CCCN2S(=O)(=O)c2ccc3c(c2)CC(C)N3C(C)=O)c1. The molecule has 2 aliphatic heterocycles. The summed E-state index contributed by atoms with van der Waals surface area (Å²) in [5.41, 5.74) is 2.46. The molecule has 1 saturated heterocycles. The highest BCUT2D eigenvalue weighted by molar-refractivity contribution is 7.89. The van der Waals surface area contributed by atoms with Crippen LogP contribution in [0.2, 0.25) is 0 Å². The summed E-state index contributed by atoms with van der Waals surface area (Å²) in [7, 11) is -2.27. The zero-order valence-electron chi connectivity index (χ0n) is 19.1. The minimum absolute atomic E-state index is 0.0163. The Labute approximate surface area is 194 Å². The van der Waals surface area contributed by atoms with Gasteiger partial charge in [-0.1, -0.05) is 12.1 Å². The largest absolute Gasteiger partial charge is 0.497 e. The number of nitrogens with zero attached hydrogens (tertiary/aromatic N) is 2. The molecule has 0 bridgehead atoms. The monoisotopic (exact) mass is 471 g/mol. The third-order valence-electron chi connectivity index (χ3n) is 6.32. The van der Waals surface area contributed by atoms with Crippen molar-refractivity contribution in [3.8, 4) is 5.75 Å². The van der Waals surface area contributed by atoms with Gasteiger partial charge in [0.15, 0.2) is 0 Å². The minimum Gasteiger partial charge on any atom is -0.497 e. The fourth-order valence-corrected chi connectivity index (χ4v) is 6.47. The molecular weight excluding hydrogens is 442 g/mol. The van der Waals surface area contributed by atoms with Crippen molar-refractivity contribution in [1.29, 1.82) is 0 Å². The summed E-state index contributed by atoms with van der Waals surface area (Å²) >= 11 is 0. The van der Waals surface area contributed by atoms with Gasteiger partial charge >= 0.3 is 0 Å². The molecule has 2 amide bonds. The average molecular weight is 472 g/mol. The normalized spacial score (nSPS) is 20.5. The van der Waals surface area contributed by atoms with Crippen LogP contribution in [0.15, 0.2) is 47.4 Å². The Morgan fingerprint density at radius 1 is 1.18 bits per heavy atom. The van der Waals surface area contributed by atoms with E-state index < -0.39 is 16.1 Å². The van der Waals surface area contributed by atoms with Gasteiger partial charge in [-0.3, -0.25) is 9.59 Å². The molecule has 8 nitrogen and oxygen atoms in total. The number of benzene rings is 2. The van der Waals surface area contributed by atoms with E-state index in [2.05, 4.69) is 5.32 Å². The fraction of sp³-hybridized carbons (Fsp3) is 0.417. The molecule has 33 heavy (non-hydrogen) atoms. The minimum atomic E-state index is -3.85. The number of anilines is 1. The lowest BCUT2D eigenvalue weighted by molar-refractivity contribution is -0.124. The van der Waals surface area contributed by atoms with Crippen LogP contribution in [0.25, 0.3) is 0 Å². The van der Waals surface area contributed by atoms with Crippen molar-refractivity contribution in [2.75, 3.05) is 18.6 Å². The van der Waals surface area contributed by atoms with Gasteiger partial charge in [-0.2, -0.15) is 4.31 Å². The van der Waals surface area contributed by atoms with E-state index in [0.717, 1.165) is 16.8 Å². The standard InChI is InChI=1S/C24H29N3O5S/c1-16-12-19-14-21(9-10-22(19)27(16)17(2)28)33(30,31)26-11-5-8-23(26)24(29)25-15-18-6-4-7-20(13-18)32-3/h4,6-7,9-10,13-14,16,23H,5,8,11-12,15H2,1-3H3,(H,25,29). The van der Waals surface area contributed by atoms with Crippen molar-refractivity contribution in [1.82, 2.24) is 9.62 Å². The van der Waals surface area contributed by atoms with E-state index >= 15 is 0 Å². The Hall–Kier alpha value is -2.91. The highest BCUT2D eigenvalue weighted by Gasteiger charge is 2.40. The molecule has 2 aliphatic rings. The van der Waals surface area contributed by atoms with E-state index in [0.29, 0.717) is 31.6 Å². The van der Waals surface area contributed by atoms with E-state index in [9.17, 15) is 18.0 Å². The van der Waals surface area contributed by atoms with Crippen molar-refractivity contribution < 1.29 is 22.7 Å². The van der Waals surface area contributed by atoms with Crippen LogP contribution >= 0.6 is 0 Å². The van der Waals surface area contributed by atoms with Gasteiger partial charge in [-0.15, -0.1) is 0 Å². The second-order valence-electron chi connectivity index (χ2n) is 8.58. The number of methoxy groups -OCH3 is 1. The van der Waals surface area contributed by atoms with Crippen LogP contribution in [0.3, 0.4) is 0 Å². The van der Waals surface area contributed by atoms with Gasteiger partial charge in [-0.25, -0.2) is 8.42 Å². The van der Waals surface area contributed by atoms with Gasteiger partial charge in [0, 0.05) is 31.7 Å². The molecule has 2 heterocycles. The van der Waals surface area contributed by atoms with Crippen LogP contribution in [0.4, 0.5) is 5.69 Å². The Morgan fingerprint density at radius 3 is 2.70 bits per heavy atom. The maximum atomic E-state index is 13.5. The van der Waals surface area contributed by atoms with E-state index in [1.165, 1.54) is 17.3 Å². The number of amides is 2.